The highest BCUT2D eigenvalue weighted by Gasteiger charge is 2.22. The Morgan fingerprint density at radius 2 is 1.95 bits per heavy atom. The first-order valence-corrected chi connectivity index (χ1v) is 5.98. The Morgan fingerprint density at radius 1 is 1.32 bits per heavy atom. The highest BCUT2D eigenvalue weighted by atomic mass is 16.6. The summed E-state index contributed by atoms with van der Waals surface area (Å²) in [4.78, 5) is 22.8. The fraction of sp³-hybridized carbons (Fsp3) is 0.385. The number of hydrogen-bond acceptors (Lipinski definition) is 6. The lowest BCUT2D eigenvalue weighted by Crippen LogP contribution is -2.38. The molecule has 0 radical (unpaired) electrons. The molecular formula is C13H17NO5. The number of rotatable bonds is 6. The summed E-state index contributed by atoms with van der Waals surface area (Å²) in [5, 5.41) is 18.1. The molecule has 3 N–H and O–H groups in total. The van der Waals surface area contributed by atoms with Crippen molar-refractivity contribution in [1.82, 2.24) is 5.48 Å². The van der Waals surface area contributed by atoms with Gasteiger partial charge in [0.1, 0.15) is 11.8 Å². The third kappa shape index (κ3) is 5.07. The first kappa shape index (κ1) is 15.1. The fourth-order valence-electron chi connectivity index (χ4n) is 1.49. The van der Waals surface area contributed by atoms with E-state index >= 15 is 0 Å². The molecular weight excluding hydrogens is 250 g/mol. The van der Waals surface area contributed by atoms with Crippen LogP contribution in [0, 0.1) is 0 Å². The van der Waals surface area contributed by atoms with Crippen LogP contribution in [0.4, 0.5) is 0 Å². The molecule has 0 aliphatic rings. The number of nitrogens with one attached hydrogen (secondary N) is 1. The van der Waals surface area contributed by atoms with Gasteiger partial charge in [0, 0.05) is 12.8 Å². The Hall–Kier alpha value is -1.92. The highest BCUT2D eigenvalue weighted by Crippen LogP contribution is 2.11. The maximum atomic E-state index is 11.6. The molecule has 1 aromatic rings. The van der Waals surface area contributed by atoms with E-state index in [0.717, 1.165) is 0 Å². The summed E-state index contributed by atoms with van der Waals surface area (Å²) in [5.41, 5.74) is 2.54. The number of phenols is 1. The van der Waals surface area contributed by atoms with Crippen molar-refractivity contribution in [3.8, 4) is 5.75 Å². The standard InChI is InChI=1S/C13H17NO5/c1-2-3-12(16)19-13(17)11(14-18)8-9-4-6-10(15)7-5-9/h4-7,11,14-15,18H,2-3,8H2,1H3/t11-/m0/s1. The number of carbonyl (C=O) groups is 2. The molecule has 6 heteroatoms. The fourth-order valence-corrected chi connectivity index (χ4v) is 1.49. The number of carbonyl (C=O) groups excluding carboxylic acids is 2. The molecule has 0 aliphatic heterocycles. The largest absolute Gasteiger partial charge is 0.508 e. The summed E-state index contributed by atoms with van der Waals surface area (Å²) >= 11 is 0. The lowest BCUT2D eigenvalue weighted by atomic mass is 10.1. The van der Waals surface area contributed by atoms with Crippen LogP contribution in [-0.2, 0) is 20.7 Å². The minimum Gasteiger partial charge on any atom is -0.508 e. The number of hydrogen-bond donors (Lipinski definition) is 3. The van der Waals surface area contributed by atoms with Gasteiger partial charge in [-0.1, -0.05) is 19.1 Å². The van der Waals surface area contributed by atoms with E-state index in [2.05, 4.69) is 4.74 Å². The summed E-state index contributed by atoms with van der Waals surface area (Å²) < 4.78 is 4.59. The van der Waals surface area contributed by atoms with Gasteiger partial charge in [-0.3, -0.25) is 4.79 Å². The third-order valence-electron chi connectivity index (χ3n) is 2.49. The molecule has 0 unspecified atom stereocenters. The molecule has 1 aromatic carbocycles. The molecule has 0 aromatic heterocycles. The van der Waals surface area contributed by atoms with Gasteiger partial charge in [0.05, 0.1) is 0 Å². The molecule has 0 bridgehead atoms. The molecule has 1 atom stereocenters. The van der Waals surface area contributed by atoms with Crippen LogP contribution in [0.3, 0.4) is 0 Å². The minimum absolute atomic E-state index is 0.109. The number of aromatic hydroxyl groups is 1. The van der Waals surface area contributed by atoms with Gasteiger partial charge >= 0.3 is 11.9 Å². The van der Waals surface area contributed by atoms with Gasteiger partial charge in [-0.15, -0.1) is 0 Å². The molecule has 0 fully saturated rings. The second-order valence-electron chi connectivity index (χ2n) is 4.10. The van der Waals surface area contributed by atoms with Crippen LogP contribution in [0.5, 0.6) is 5.75 Å². The summed E-state index contributed by atoms with van der Waals surface area (Å²) in [6, 6.07) is 5.14. The van der Waals surface area contributed by atoms with Crippen molar-refractivity contribution >= 4 is 11.9 Å². The van der Waals surface area contributed by atoms with Crippen molar-refractivity contribution in [3.63, 3.8) is 0 Å². The van der Waals surface area contributed by atoms with Crippen LogP contribution in [0.2, 0.25) is 0 Å². The van der Waals surface area contributed by atoms with Gasteiger partial charge < -0.3 is 15.1 Å². The Labute approximate surface area is 111 Å². The van der Waals surface area contributed by atoms with Crippen LogP contribution in [0.1, 0.15) is 25.3 Å². The second kappa shape index (κ2) is 7.50. The van der Waals surface area contributed by atoms with Gasteiger partial charge in [0.25, 0.3) is 0 Å². The highest BCUT2D eigenvalue weighted by molar-refractivity contribution is 5.88. The van der Waals surface area contributed by atoms with E-state index in [1.165, 1.54) is 12.1 Å². The summed E-state index contributed by atoms with van der Waals surface area (Å²) in [6.45, 7) is 1.80. The van der Waals surface area contributed by atoms with Crippen LogP contribution in [0.15, 0.2) is 24.3 Å². The van der Waals surface area contributed by atoms with Gasteiger partial charge in [-0.25, -0.2) is 4.79 Å². The second-order valence-corrected chi connectivity index (χ2v) is 4.10. The molecule has 0 amide bonds. The zero-order chi connectivity index (χ0) is 14.3. The van der Waals surface area contributed by atoms with Crippen molar-refractivity contribution in [2.75, 3.05) is 0 Å². The number of hydroxylamine groups is 1. The molecule has 19 heavy (non-hydrogen) atoms. The third-order valence-corrected chi connectivity index (χ3v) is 2.49. The van der Waals surface area contributed by atoms with E-state index in [0.29, 0.717) is 12.0 Å². The Balaban J connectivity index is 2.59. The summed E-state index contributed by atoms with van der Waals surface area (Å²) in [6.07, 6.45) is 0.888. The summed E-state index contributed by atoms with van der Waals surface area (Å²) in [5.74, 6) is -1.33. The zero-order valence-electron chi connectivity index (χ0n) is 10.6. The maximum absolute atomic E-state index is 11.6. The average molecular weight is 267 g/mol. The Morgan fingerprint density at radius 3 is 2.47 bits per heavy atom. The normalized spacial score (nSPS) is 11.9. The van der Waals surface area contributed by atoms with Crippen LogP contribution in [0.25, 0.3) is 0 Å². The van der Waals surface area contributed by atoms with E-state index in [4.69, 9.17) is 10.3 Å². The van der Waals surface area contributed by atoms with E-state index in [9.17, 15) is 9.59 Å². The maximum Gasteiger partial charge on any atom is 0.333 e. The lowest BCUT2D eigenvalue weighted by molar-refractivity contribution is -0.162. The molecule has 6 nitrogen and oxygen atoms in total. The van der Waals surface area contributed by atoms with Crippen molar-refractivity contribution in [2.45, 2.75) is 32.2 Å². The monoisotopic (exact) mass is 267 g/mol. The Kier molecular flexibility index (Phi) is 5.98. The van der Waals surface area contributed by atoms with E-state index in [1.54, 1.807) is 19.1 Å². The minimum atomic E-state index is -1.02. The van der Waals surface area contributed by atoms with Gasteiger partial charge in [-0.05, 0) is 24.1 Å². The number of ether oxygens (including phenoxy) is 1. The molecule has 0 saturated heterocycles. The van der Waals surface area contributed by atoms with Gasteiger partial charge in [-0.2, -0.15) is 5.48 Å². The van der Waals surface area contributed by atoms with Crippen LogP contribution < -0.4 is 5.48 Å². The topological polar surface area (TPSA) is 95.9 Å². The van der Waals surface area contributed by atoms with Crippen molar-refractivity contribution in [2.24, 2.45) is 0 Å². The SMILES string of the molecule is CCCC(=O)OC(=O)[C@H](Cc1ccc(O)cc1)NO. The first-order valence-electron chi connectivity index (χ1n) is 5.98. The number of benzene rings is 1. The number of phenolic OH excluding ortho intramolecular Hbond substituents is 1. The smallest absolute Gasteiger partial charge is 0.333 e. The molecule has 0 heterocycles. The van der Waals surface area contributed by atoms with Crippen molar-refractivity contribution in [3.05, 3.63) is 29.8 Å². The predicted molar refractivity (Wildman–Crippen MR) is 66.5 cm³/mol. The molecule has 104 valence electrons. The van der Waals surface area contributed by atoms with E-state index < -0.39 is 18.0 Å². The van der Waals surface area contributed by atoms with E-state index in [1.807, 2.05) is 5.48 Å². The predicted octanol–water partition coefficient (Wildman–Crippen LogP) is 1.15. The first-order chi connectivity index (χ1) is 9.06. The molecule has 0 saturated carbocycles. The van der Waals surface area contributed by atoms with E-state index in [-0.39, 0.29) is 18.6 Å². The van der Waals surface area contributed by atoms with Crippen molar-refractivity contribution in [1.29, 1.82) is 0 Å². The quantitative estimate of drug-likeness (QED) is 0.406. The van der Waals surface area contributed by atoms with Gasteiger partial charge in [0.2, 0.25) is 0 Å². The van der Waals surface area contributed by atoms with Gasteiger partial charge in [0.15, 0.2) is 0 Å². The number of esters is 2. The molecule has 0 aliphatic carbocycles. The van der Waals surface area contributed by atoms with Crippen LogP contribution in [-0.4, -0.2) is 28.3 Å². The Bertz CT molecular complexity index is 429. The lowest BCUT2D eigenvalue weighted by Gasteiger charge is -2.13. The zero-order valence-corrected chi connectivity index (χ0v) is 10.6. The van der Waals surface area contributed by atoms with Crippen molar-refractivity contribution < 1.29 is 24.6 Å². The summed E-state index contributed by atoms with van der Waals surface area (Å²) in [7, 11) is 0. The molecule has 1 rings (SSSR count). The average Bonchev–Trinajstić information content (AvgIpc) is 2.38. The van der Waals surface area contributed by atoms with Crippen LogP contribution >= 0.6 is 0 Å². The molecule has 0 spiro atoms.